The van der Waals surface area contributed by atoms with Crippen LogP contribution in [0.1, 0.15) is 24.8 Å². The molecule has 4 heteroatoms. The van der Waals surface area contributed by atoms with Gasteiger partial charge in [-0.1, -0.05) is 38.8 Å². The first kappa shape index (κ1) is 14.3. The molecule has 0 aliphatic rings. The minimum Gasteiger partial charge on any atom is -0.310 e. The van der Waals surface area contributed by atoms with Gasteiger partial charge < -0.3 is 5.32 Å². The molecule has 0 aliphatic carbocycles. The summed E-state index contributed by atoms with van der Waals surface area (Å²) in [7, 11) is 0. The smallest absolute Gasteiger partial charge is 0.0386 e. The molecule has 2 rings (SSSR count). The molecule has 0 bridgehead atoms. The van der Waals surface area contributed by atoms with E-state index >= 15 is 0 Å². The lowest BCUT2D eigenvalue weighted by atomic mass is 10.2. The van der Waals surface area contributed by atoms with Crippen molar-refractivity contribution in [3.63, 3.8) is 0 Å². The summed E-state index contributed by atoms with van der Waals surface area (Å²) in [6, 6.07) is 11.1. The number of hydrogen-bond donors (Lipinski definition) is 1. The van der Waals surface area contributed by atoms with Crippen LogP contribution in [0.4, 0.5) is 0 Å². The fourth-order valence-electron chi connectivity index (χ4n) is 1.82. The lowest BCUT2D eigenvalue weighted by molar-refractivity contribution is 0.607. The lowest BCUT2D eigenvalue weighted by Crippen LogP contribution is -2.16. The molecule has 1 aromatic heterocycles. The van der Waals surface area contributed by atoms with Crippen LogP contribution in [0, 0.1) is 0 Å². The van der Waals surface area contributed by atoms with Gasteiger partial charge in [-0.2, -0.15) is 0 Å². The van der Waals surface area contributed by atoms with Crippen LogP contribution in [0.15, 0.2) is 39.3 Å². The summed E-state index contributed by atoms with van der Waals surface area (Å²) in [6.45, 7) is 5.33. The molecule has 2 aromatic rings. The summed E-state index contributed by atoms with van der Waals surface area (Å²) in [6.07, 6.45) is 0. The first-order valence-corrected chi connectivity index (χ1v) is 8.30. The molecule has 0 spiro atoms. The highest BCUT2D eigenvalue weighted by Gasteiger charge is 2.10. The Labute approximate surface area is 129 Å². The Morgan fingerprint density at radius 1 is 1.22 bits per heavy atom. The van der Waals surface area contributed by atoms with E-state index in [9.17, 15) is 0 Å². The van der Waals surface area contributed by atoms with E-state index in [4.69, 9.17) is 0 Å². The summed E-state index contributed by atoms with van der Waals surface area (Å²) < 4.78 is 2.24. The number of benzene rings is 1. The van der Waals surface area contributed by atoms with E-state index in [0.29, 0.717) is 6.04 Å². The third-order valence-electron chi connectivity index (χ3n) is 2.76. The zero-order chi connectivity index (χ0) is 13.1. The Balaban J connectivity index is 2.32. The third-order valence-corrected chi connectivity index (χ3v) is 5.24. The van der Waals surface area contributed by atoms with Crippen molar-refractivity contribution < 1.29 is 0 Å². The fourth-order valence-corrected chi connectivity index (χ4v) is 3.84. The van der Waals surface area contributed by atoms with Crippen molar-refractivity contribution in [3.05, 3.63) is 44.2 Å². The van der Waals surface area contributed by atoms with Crippen molar-refractivity contribution in [1.29, 1.82) is 0 Å². The highest BCUT2D eigenvalue weighted by molar-refractivity contribution is 9.11. The Hall–Kier alpha value is -0.160. The first-order valence-electron chi connectivity index (χ1n) is 5.90. The molecule has 0 amide bonds. The Kier molecular flexibility index (Phi) is 5.01. The van der Waals surface area contributed by atoms with Crippen LogP contribution in [0.5, 0.6) is 0 Å². The lowest BCUT2D eigenvalue weighted by Gasteiger charge is -2.09. The van der Waals surface area contributed by atoms with Crippen LogP contribution in [0.25, 0.3) is 10.4 Å². The van der Waals surface area contributed by atoms with E-state index in [0.717, 1.165) is 15.5 Å². The molecular formula is C14H15Br2NS. The molecule has 0 saturated heterocycles. The molecule has 1 unspecified atom stereocenters. The van der Waals surface area contributed by atoms with Gasteiger partial charge >= 0.3 is 0 Å². The predicted molar refractivity (Wildman–Crippen MR) is 87.2 cm³/mol. The second-order valence-corrected chi connectivity index (χ2v) is 6.99. The van der Waals surface area contributed by atoms with E-state index in [2.05, 4.69) is 75.3 Å². The van der Waals surface area contributed by atoms with Gasteiger partial charge in [0.2, 0.25) is 0 Å². The minimum absolute atomic E-state index is 0.416. The van der Waals surface area contributed by atoms with Crippen molar-refractivity contribution in [2.45, 2.75) is 19.9 Å². The zero-order valence-corrected chi connectivity index (χ0v) is 14.3. The molecule has 96 valence electrons. The number of thiophene rings is 1. The van der Waals surface area contributed by atoms with Gasteiger partial charge in [0.1, 0.15) is 0 Å². The molecule has 0 aliphatic heterocycles. The van der Waals surface area contributed by atoms with Crippen molar-refractivity contribution in [1.82, 2.24) is 5.32 Å². The largest absolute Gasteiger partial charge is 0.310 e. The van der Waals surface area contributed by atoms with E-state index in [-0.39, 0.29) is 0 Å². The Bertz CT molecular complexity index is 536. The van der Waals surface area contributed by atoms with Crippen LogP contribution in [-0.4, -0.2) is 6.54 Å². The minimum atomic E-state index is 0.416. The third kappa shape index (κ3) is 3.23. The summed E-state index contributed by atoms with van der Waals surface area (Å²) >= 11 is 8.98. The maximum atomic E-state index is 3.61. The van der Waals surface area contributed by atoms with Gasteiger partial charge in [-0.15, -0.1) is 11.3 Å². The monoisotopic (exact) mass is 387 g/mol. The van der Waals surface area contributed by atoms with Crippen molar-refractivity contribution in [2.75, 3.05) is 6.54 Å². The van der Waals surface area contributed by atoms with Gasteiger partial charge in [-0.3, -0.25) is 0 Å². The number of halogens is 2. The summed E-state index contributed by atoms with van der Waals surface area (Å²) in [5, 5.41) is 3.44. The maximum absolute atomic E-state index is 3.61. The van der Waals surface area contributed by atoms with E-state index in [1.54, 1.807) is 0 Å². The topological polar surface area (TPSA) is 12.0 Å². The molecule has 0 radical (unpaired) electrons. The molecule has 18 heavy (non-hydrogen) atoms. The number of hydrogen-bond acceptors (Lipinski definition) is 2. The highest BCUT2D eigenvalue weighted by Crippen LogP contribution is 2.36. The van der Waals surface area contributed by atoms with Gasteiger partial charge in [0.25, 0.3) is 0 Å². The van der Waals surface area contributed by atoms with Gasteiger partial charge in [-0.25, -0.2) is 0 Å². The molecule has 1 heterocycles. The van der Waals surface area contributed by atoms with E-state index < -0.39 is 0 Å². The van der Waals surface area contributed by atoms with E-state index in [1.165, 1.54) is 15.3 Å². The molecular weight excluding hydrogens is 374 g/mol. The Morgan fingerprint density at radius 3 is 2.72 bits per heavy atom. The van der Waals surface area contributed by atoms with Crippen molar-refractivity contribution in [3.8, 4) is 10.4 Å². The van der Waals surface area contributed by atoms with Crippen LogP contribution < -0.4 is 5.32 Å². The quantitative estimate of drug-likeness (QED) is 0.717. The standard InChI is InChI=1S/C14H15Br2NS/c1-3-17-9(2)13-6-7-14(18-13)11-8-10(15)4-5-12(11)16/h4-9,17H,3H2,1-2H3. The molecule has 0 fully saturated rings. The van der Waals surface area contributed by atoms with Crippen LogP contribution in [-0.2, 0) is 0 Å². The normalized spacial score (nSPS) is 12.7. The zero-order valence-electron chi connectivity index (χ0n) is 10.3. The second kappa shape index (κ2) is 6.33. The molecule has 1 nitrogen and oxygen atoms in total. The van der Waals surface area contributed by atoms with Gasteiger partial charge in [0, 0.05) is 30.3 Å². The maximum Gasteiger partial charge on any atom is 0.0386 e. The molecule has 1 N–H and O–H groups in total. The average Bonchev–Trinajstić information content (AvgIpc) is 2.82. The van der Waals surface area contributed by atoms with Crippen molar-refractivity contribution in [2.24, 2.45) is 0 Å². The van der Waals surface area contributed by atoms with Crippen LogP contribution in [0.3, 0.4) is 0 Å². The summed E-state index contributed by atoms with van der Waals surface area (Å²) in [5.74, 6) is 0. The fraction of sp³-hybridized carbons (Fsp3) is 0.286. The second-order valence-electron chi connectivity index (χ2n) is 4.11. The van der Waals surface area contributed by atoms with Crippen LogP contribution in [0.2, 0.25) is 0 Å². The number of nitrogens with one attached hydrogen (secondary N) is 1. The predicted octanol–water partition coefficient (Wildman–Crippen LogP) is 5.61. The summed E-state index contributed by atoms with van der Waals surface area (Å²) in [4.78, 5) is 2.67. The molecule has 1 aromatic carbocycles. The summed E-state index contributed by atoms with van der Waals surface area (Å²) in [5.41, 5.74) is 1.24. The van der Waals surface area contributed by atoms with Gasteiger partial charge in [0.15, 0.2) is 0 Å². The highest BCUT2D eigenvalue weighted by atomic mass is 79.9. The average molecular weight is 389 g/mol. The molecule has 0 saturated carbocycles. The SMILES string of the molecule is CCNC(C)c1ccc(-c2cc(Br)ccc2Br)s1. The van der Waals surface area contributed by atoms with Gasteiger partial charge in [-0.05, 0) is 43.8 Å². The van der Waals surface area contributed by atoms with E-state index in [1.807, 2.05) is 17.4 Å². The Morgan fingerprint density at radius 2 is 2.00 bits per heavy atom. The van der Waals surface area contributed by atoms with Crippen molar-refractivity contribution >= 4 is 43.2 Å². The first-order chi connectivity index (χ1) is 8.61. The van der Waals surface area contributed by atoms with Crippen LogP contribution >= 0.6 is 43.2 Å². The van der Waals surface area contributed by atoms with Gasteiger partial charge in [0.05, 0.1) is 0 Å². The molecule has 1 atom stereocenters. The number of rotatable bonds is 4.